The molecule has 3 rings (SSSR count). The van der Waals surface area contributed by atoms with Crippen molar-refractivity contribution in [2.75, 3.05) is 5.32 Å². The molecule has 1 aliphatic rings. The highest BCUT2D eigenvalue weighted by molar-refractivity contribution is 6.04. The fourth-order valence-corrected chi connectivity index (χ4v) is 4.26. The molecule has 1 saturated carbocycles. The molecule has 1 aliphatic carbocycles. The minimum atomic E-state index is -0.234. The second-order valence-corrected chi connectivity index (χ2v) is 10.1. The fraction of sp³-hybridized carbons (Fsp3) is 0.444. The first-order chi connectivity index (χ1) is 15.7. The zero-order chi connectivity index (χ0) is 24.0. The molecule has 174 valence electrons. The van der Waals surface area contributed by atoms with Crippen molar-refractivity contribution in [2.45, 2.75) is 71.5 Å². The number of nitrogens with two attached hydrogens (primary N) is 1. The smallest absolute Gasteiger partial charge is 0.255 e. The number of hydrogen-bond donors (Lipinski definition) is 2. The zero-order valence-electron chi connectivity index (χ0n) is 19.8. The van der Waals surface area contributed by atoms with Crippen molar-refractivity contribution in [1.82, 2.24) is 4.90 Å². The van der Waals surface area contributed by atoms with Crippen molar-refractivity contribution < 1.29 is 9.59 Å². The minimum Gasteiger partial charge on any atom is -0.334 e. The molecule has 2 aromatic rings. The van der Waals surface area contributed by atoms with E-state index in [-0.39, 0.29) is 29.3 Å². The van der Waals surface area contributed by atoms with E-state index in [4.69, 9.17) is 11.0 Å². The van der Waals surface area contributed by atoms with Crippen LogP contribution in [0.25, 0.3) is 0 Å². The summed E-state index contributed by atoms with van der Waals surface area (Å²) in [4.78, 5) is 27.7. The number of hydrogen-bond acceptors (Lipinski definition) is 4. The molecular weight excluding hydrogens is 412 g/mol. The van der Waals surface area contributed by atoms with E-state index in [0.29, 0.717) is 29.8 Å². The highest BCUT2D eigenvalue weighted by atomic mass is 16.2. The van der Waals surface area contributed by atoms with Gasteiger partial charge in [-0.25, -0.2) is 0 Å². The molecule has 0 aromatic heterocycles. The van der Waals surface area contributed by atoms with Gasteiger partial charge in [0.05, 0.1) is 11.6 Å². The Kier molecular flexibility index (Phi) is 7.88. The number of anilines is 1. The van der Waals surface area contributed by atoms with Crippen LogP contribution in [0.3, 0.4) is 0 Å². The molecular formula is C27H34N4O2. The molecule has 0 heterocycles. The number of benzene rings is 2. The van der Waals surface area contributed by atoms with Crippen LogP contribution in [0.1, 0.15) is 74.4 Å². The van der Waals surface area contributed by atoms with E-state index >= 15 is 0 Å². The molecule has 0 bridgehead atoms. The lowest BCUT2D eigenvalue weighted by Crippen LogP contribution is -2.52. The first kappa shape index (κ1) is 24.5. The van der Waals surface area contributed by atoms with Crippen LogP contribution in [0.5, 0.6) is 0 Å². The van der Waals surface area contributed by atoms with Crippen molar-refractivity contribution >= 4 is 17.5 Å². The van der Waals surface area contributed by atoms with Crippen molar-refractivity contribution in [3.8, 4) is 6.07 Å². The van der Waals surface area contributed by atoms with E-state index in [1.807, 2.05) is 35.2 Å². The maximum Gasteiger partial charge on any atom is 0.255 e. The summed E-state index contributed by atoms with van der Waals surface area (Å²) in [6.07, 6.45) is 4.58. The maximum absolute atomic E-state index is 13.2. The lowest BCUT2D eigenvalue weighted by atomic mass is 9.87. The third-order valence-corrected chi connectivity index (χ3v) is 6.02. The number of amides is 2. The van der Waals surface area contributed by atoms with Gasteiger partial charge in [0, 0.05) is 36.3 Å². The Bertz CT molecular complexity index is 1000. The third-order valence-electron chi connectivity index (χ3n) is 6.02. The zero-order valence-corrected chi connectivity index (χ0v) is 19.8. The Morgan fingerprint density at radius 1 is 1.06 bits per heavy atom. The Hall–Kier alpha value is -3.17. The molecule has 6 heteroatoms. The summed E-state index contributed by atoms with van der Waals surface area (Å²) in [6.45, 7) is 6.75. The molecule has 33 heavy (non-hydrogen) atoms. The van der Waals surface area contributed by atoms with Gasteiger partial charge in [0.15, 0.2) is 0 Å². The molecule has 0 radical (unpaired) electrons. The van der Waals surface area contributed by atoms with E-state index in [9.17, 15) is 9.59 Å². The van der Waals surface area contributed by atoms with Crippen molar-refractivity contribution in [2.24, 2.45) is 11.1 Å². The lowest BCUT2D eigenvalue weighted by Gasteiger charge is -2.39. The van der Waals surface area contributed by atoms with Gasteiger partial charge in [-0.2, -0.15) is 5.26 Å². The van der Waals surface area contributed by atoms with Gasteiger partial charge < -0.3 is 16.0 Å². The second-order valence-electron chi connectivity index (χ2n) is 10.1. The van der Waals surface area contributed by atoms with Gasteiger partial charge in [-0.15, -0.1) is 0 Å². The van der Waals surface area contributed by atoms with E-state index in [1.54, 1.807) is 24.3 Å². The predicted octanol–water partition coefficient (Wildman–Crippen LogP) is 4.85. The van der Waals surface area contributed by atoms with Crippen LogP contribution in [-0.2, 0) is 11.3 Å². The first-order valence-electron chi connectivity index (χ1n) is 11.6. The molecule has 0 saturated heterocycles. The Labute approximate surface area is 196 Å². The summed E-state index contributed by atoms with van der Waals surface area (Å²) in [5.41, 5.74) is 9.02. The lowest BCUT2D eigenvalue weighted by molar-refractivity contribution is -0.137. The van der Waals surface area contributed by atoms with Gasteiger partial charge in [0.2, 0.25) is 5.91 Å². The van der Waals surface area contributed by atoms with E-state index in [1.165, 1.54) is 0 Å². The Morgan fingerprint density at radius 3 is 2.27 bits per heavy atom. The van der Waals surface area contributed by atoms with Crippen LogP contribution in [0.4, 0.5) is 5.69 Å². The molecule has 0 aliphatic heterocycles. The summed E-state index contributed by atoms with van der Waals surface area (Å²) < 4.78 is 0. The number of rotatable bonds is 6. The Morgan fingerprint density at radius 2 is 1.70 bits per heavy atom. The number of nitrogens with one attached hydrogen (secondary N) is 1. The normalized spacial score (nSPS) is 18.3. The molecule has 3 N–H and O–H groups in total. The SMILES string of the molecule is CC(C)(C)CC(=O)N(Cc1ccc(NC(=O)c2ccc(C#N)cc2)cc1)C1CCCCC1N. The molecule has 2 amide bonds. The van der Waals surface area contributed by atoms with Crippen LogP contribution < -0.4 is 11.1 Å². The van der Waals surface area contributed by atoms with Crippen LogP contribution in [0.15, 0.2) is 48.5 Å². The quantitative estimate of drug-likeness (QED) is 0.663. The first-order valence-corrected chi connectivity index (χ1v) is 11.6. The van der Waals surface area contributed by atoms with Crippen LogP contribution in [0.2, 0.25) is 0 Å². The molecule has 0 spiro atoms. The Balaban J connectivity index is 1.70. The number of nitriles is 1. The largest absolute Gasteiger partial charge is 0.334 e. The fourth-order valence-electron chi connectivity index (χ4n) is 4.26. The summed E-state index contributed by atoms with van der Waals surface area (Å²) in [6, 6.07) is 16.2. The molecule has 2 unspecified atom stereocenters. The number of nitrogens with zero attached hydrogens (tertiary/aromatic N) is 2. The topological polar surface area (TPSA) is 99.2 Å². The van der Waals surface area contributed by atoms with E-state index < -0.39 is 0 Å². The van der Waals surface area contributed by atoms with Crippen molar-refractivity contribution in [1.29, 1.82) is 5.26 Å². The summed E-state index contributed by atoms with van der Waals surface area (Å²) >= 11 is 0. The van der Waals surface area contributed by atoms with Gasteiger partial charge in [-0.1, -0.05) is 45.7 Å². The third kappa shape index (κ3) is 6.90. The number of carbonyl (C=O) groups is 2. The average Bonchev–Trinajstić information content (AvgIpc) is 2.78. The van der Waals surface area contributed by atoms with E-state index in [0.717, 1.165) is 31.2 Å². The van der Waals surface area contributed by atoms with Gasteiger partial charge in [0.1, 0.15) is 0 Å². The molecule has 6 nitrogen and oxygen atoms in total. The maximum atomic E-state index is 13.2. The van der Waals surface area contributed by atoms with Gasteiger partial charge in [0.25, 0.3) is 5.91 Å². The highest BCUT2D eigenvalue weighted by Gasteiger charge is 2.32. The monoisotopic (exact) mass is 446 g/mol. The molecule has 2 aromatic carbocycles. The van der Waals surface area contributed by atoms with Crippen LogP contribution >= 0.6 is 0 Å². The van der Waals surface area contributed by atoms with Gasteiger partial charge in [-0.3, -0.25) is 9.59 Å². The number of carbonyl (C=O) groups excluding carboxylic acids is 2. The summed E-state index contributed by atoms with van der Waals surface area (Å²) in [7, 11) is 0. The van der Waals surface area contributed by atoms with Crippen LogP contribution in [-0.4, -0.2) is 28.8 Å². The second kappa shape index (κ2) is 10.6. The molecule has 1 fully saturated rings. The molecule has 2 atom stereocenters. The van der Waals surface area contributed by atoms with Crippen molar-refractivity contribution in [3.63, 3.8) is 0 Å². The predicted molar refractivity (Wildman–Crippen MR) is 130 cm³/mol. The average molecular weight is 447 g/mol. The van der Waals surface area contributed by atoms with Gasteiger partial charge >= 0.3 is 0 Å². The van der Waals surface area contributed by atoms with Gasteiger partial charge in [-0.05, 0) is 60.2 Å². The van der Waals surface area contributed by atoms with E-state index in [2.05, 4.69) is 26.1 Å². The summed E-state index contributed by atoms with van der Waals surface area (Å²) in [5.74, 6) is -0.0922. The van der Waals surface area contributed by atoms with Crippen molar-refractivity contribution in [3.05, 3.63) is 65.2 Å². The highest BCUT2D eigenvalue weighted by Crippen LogP contribution is 2.28. The summed E-state index contributed by atoms with van der Waals surface area (Å²) in [5, 5.41) is 11.8. The van der Waals surface area contributed by atoms with Crippen LogP contribution in [0, 0.1) is 16.7 Å². The minimum absolute atomic E-state index is 0.00801. The standard InChI is InChI=1S/C27H34N4O2/c1-27(2,3)16-25(32)31(24-7-5-4-6-23(24)29)18-20-10-14-22(15-11-20)30-26(33)21-12-8-19(17-28)9-13-21/h8-15,23-24H,4-7,16,18,29H2,1-3H3,(H,30,33).